The van der Waals surface area contributed by atoms with Crippen molar-refractivity contribution in [3.63, 3.8) is 0 Å². The Bertz CT molecular complexity index is 1870. The molecule has 0 bridgehead atoms. The van der Waals surface area contributed by atoms with E-state index in [4.69, 9.17) is 4.74 Å². The van der Waals surface area contributed by atoms with Gasteiger partial charge in [0.1, 0.15) is 24.0 Å². The van der Waals surface area contributed by atoms with Crippen LogP contribution in [0.25, 0.3) is 11.1 Å². The van der Waals surface area contributed by atoms with Crippen molar-refractivity contribution in [3.8, 4) is 11.1 Å². The van der Waals surface area contributed by atoms with Gasteiger partial charge in [-0.2, -0.15) is 0 Å². The van der Waals surface area contributed by atoms with Gasteiger partial charge in [0.25, 0.3) is 0 Å². The zero-order valence-electron chi connectivity index (χ0n) is 25.6. The summed E-state index contributed by atoms with van der Waals surface area (Å²) in [6.45, 7) is 0.0833. The molecule has 1 atom stereocenters. The molecule has 1 heterocycles. The molecule has 6 aromatic rings. The Labute approximate surface area is 273 Å². The number of hydrogen-bond acceptors (Lipinski definition) is 4. The molecule has 7 nitrogen and oxygen atoms in total. The molecule has 5 aromatic carbocycles. The fourth-order valence-corrected chi connectivity index (χ4v) is 6.91. The number of alkyl carbamates (subject to hydrolysis) is 1. The number of hydrogen-bond donors (Lipinski definition) is 2. The third-order valence-corrected chi connectivity index (χ3v) is 8.97. The van der Waals surface area contributed by atoms with E-state index in [1.165, 1.54) is 0 Å². The molecule has 7 rings (SSSR count). The fraction of sp³-hybridized carbons (Fsp3) is 0.125. The van der Waals surface area contributed by atoms with Crippen molar-refractivity contribution in [2.45, 2.75) is 23.9 Å². The van der Waals surface area contributed by atoms with Crippen molar-refractivity contribution >= 4 is 12.1 Å². The number of nitrogens with zero attached hydrogens (tertiary/aromatic N) is 2. The molecule has 1 amide bonds. The van der Waals surface area contributed by atoms with Crippen LogP contribution in [0.1, 0.15) is 39.6 Å². The van der Waals surface area contributed by atoms with Crippen molar-refractivity contribution in [1.29, 1.82) is 0 Å². The predicted octanol–water partition coefficient (Wildman–Crippen LogP) is 7.26. The normalized spacial score (nSPS) is 12.9. The van der Waals surface area contributed by atoms with Crippen LogP contribution in [0.15, 0.2) is 152 Å². The molecule has 0 spiro atoms. The van der Waals surface area contributed by atoms with Gasteiger partial charge in [0.2, 0.25) is 0 Å². The van der Waals surface area contributed by atoms with Crippen LogP contribution >= 0.6 is 0 Å². The fourth-order valence-electron chi connectivity index (χ4n) is 6.91. The number of benzene rings is 5. The van der Waals surface area contributed by atoms with Gasteiger partial charge < -0.3 is 19.7 Å². The molecule has 1 aromatic heterocycles. The second-order valence-electron chi connectivity index (χ2n) is 11.6. The van der Waals surface area contributed by atoms with E-state index in [9.17, 15) is 14.7 Å². The number of carbonyl (C=O) groups is 2. The first-order chi connectivity index (χ1) is 23.1. The van der Waals surface area contributed by atoms with Crippen molar-refractivity contribution in [2.75, 3.05) is 6.61 Å². The zero-order valence-corrected chi connectivity index (χ0v) is 25.6. The lowest BCUT2D eigenvalue weighted by atomic mass is 9.76. The van der Waals surface area contributed by atoms with E-state index >= 15 is 0 Å². The highest BCUT2D eigenvalue weighted by molar-refractivity contribution is 5.81. The lowest BCUT2D eigenvalue weighted by Crippen LogP contribution is -2.45. The van der Waals surface area contributed by atoms with Crippen molar-refractivity contribution in [2.24, 2.45) is 0 Å². The number of fused-ring (bicyclic) bond motifs is 3. The third-order valence-electron chi connectivity index (χ3n) is 8.97. The number of carbonyl (C=O) groups excluding carboxylic acids is 1. The Balaban J connectivity index is 1.19. The van der Waals surface area contributed by atoms with E-state index in [1.807, 2.05) is 102 Å². The molecule has 7 heteroatoms. The number of carboxylic acids is 1. The SMILES string of the molecule is O=C(N[C@@H](Cc1nccn1C(c1ccccc1)(c1ccccc1)c1ccccc1)C(=O)O)OCC1c2ccccc2-c2ccccc21. The van der Waals surface area contributed by atoms with Gasteiger partial charge in [0.05, 0.1) is 0 Å². The first-order valence-corrected chi connectivity index (χ1v) is 15.6. The van der Waals surface area contributed by atoms with Gasteiger partial charge in [0, 0.05) is 24.7 Å². The topological polar surface area (TPSA) is 93.5 Å². The Morgan fingerprint density at radius 1 is 0.723 bits per heavy atom. The van der Waals surface area contributed by atoms with Gasteiger partial charge in [-0.15, -0.1) is 0 Å². The van der Waals surface area contributed by atoms with Crippen molar-refractivity contribution in [1.82, 2.24) is 14.9 Å². The van der Waals surface area contributed by atoms with E-state index in [1.54, 1.807) is 6.20 Å². The van der Waals surface area contributed by atoms with Crippen molar-refractivity contribution in [3.05, 3.63) is 186 Å². The average Bonchev–Trinajstić information content (AvgIpc) is 3.71. The predicted molar refractivity (Wildman–Crippen MR) is 180 cm³/mol. The number of nitrogens with one attached hydrogen (secondary N) is 1. The van der Waals surface area contributed by atoms with Gasteiger partial charge in [0.15, 0.2) is 0 Å². The molecule has 0 aliphatic heterocycles. The maximum absolute atomic E-state index is 13.2. The molecule has 0 saturated heterocycles. The van der Waals surface area contributed by atoms with Crippen LogP contribution < -0.4 is 5.32 Å². The lowest BCUT2D eigenvalue weighted by molar-refractivity contribution is -0.139. The quantitative estimate of drug-likeness (QED) is 0.158. The smallest absolute Gasteiger partial charge is 0.407 e. The standard InChI is InChI=1S/C40H33N3O4/c44-38(45)36(42-39(46)47-27-35-33-22-12-10-20-31(33)32-21-11-13-23-34(32)35)26-37-41-24-25-43(37)40(28-14-4-1-5-15-28,29-16-6-2-7-17-29)30-18-8-3-9-19-30/h1-25,35-36H,26-27H2,(H,42,46)(H,44,45)/t36-/m0/s1. The summed E-state index contributed by atoms with van der Waals surface area (Å²) in [6, 6.07) is 45.1. The molecule has 47 heavy (non-hydrogen) atoms. The van der Waals surface area contributed by atoms with Gasteiger partial charge in [-0.25, -0.2) is 14.6 Å². The summed E-state index contributed by atoms with van der Waals surface area (Å²) < 4.78 is 7.72. The molecule has 2 N–H and O–H groups in total. The minimum Gasteiger partial charge on any atom is -0.480 e. The molecular weight excluding hydrogens is 586 g/mol. The number of carboxylic acid groups (broad SMARTS) is 1. The van der Waals surface area contributed by atoms with Gasteiger partial charge in [-0.1, -0.05) is 140 Å². The zero-order chi connectivity index (χ0) is 32.2. The summed E-state index contributed by atoms with van der Waals surface area (Å²) in [5.41, 5.74) is 6.46. The number of aliphatic carboxylic acids is 1. The van der Waals surface area contributed by atoms with Crippen LogP contribution in [-0.2, 0) is 21.5 Å². The molecule has 1 aliphatic carbocycles. The maximum Gasteiger partial charge on any atom is 0.407 e. The van der Waals surface area contributed by atoms with Crippen LogP contribution in [-0.4, -0.2) is 39.4 Å². The lowest BCUT2D eigenvalue weighted by Gasteiger charge is -2.38. The van der Waals surface area contributed by atoms with E-state index in [0.717, 1.165) is 38.9 Å². The summed E-state index contributed by atoms with van der Waals surface area (Å²) in [5.74, 6) is -0.829. The number of aromatic nitrogens is 2. The second-order valence-corrected chi connectivity index (χ2v) is 11.6. The summed E-state index contributed by atoms with van der Waals surface area (Å²) in [6.07, 6.45) is 2.68. The summed E-state index contributed by atoms with van der Waals surface area (Å²) in [4.78, 5) is 30.5. The van der Waals surface area contributed by atoms with Crippen LogP contribution in [0, 0.1) is 0 Å². The third kappa shape index (κ3) is 5.46. The Hall–Kier alpha value is -5.95. The molecule has 1 aliphatic rings. The summed E-state index contributed by atoms with van der Waals surface area (Å²) >= 11 is 0. The number of imidazole rings is 1. The molecule has 0 saturated carbocycles. The summed E-state index contributed by atoms with van der Waals surface area (Å²) in [7, 11) is 0. The van der Waals surface area contributed by atoms with Crippen LogP contribution in [0.3, 0.4) is 0 Å². The van der Waals surface area contributed by atoms with Crippen LogP contribution in [0.4, 0.5) is 4.79 Å². The highest BCUT2D eigenvalue weighted by Crippen LogP contribution is 2.45. The van der Waals surface area contributed by atoms with Crippen LogP contribution in [0.5, 0.6) is 0 Å². The van der Waals surface area contributed by atoms with Gasteiger partial charge >= 0.3 is 12.1 Å². The number of amides is 1. The highest BCUT2D eigenvalue weighted by atomic mass is 16.5. The maximum atomic E-state index is 13.2. The molecule has 232 valence electrons. The van der Waals surface area contributed by atoms with E-state index in [-0.39, 0.29) is 18.9 Å². The largest absolute Gasteiger partial charge is 0.480 e. The van der Waals surface area contributed by atoms with E-state index in [0.29, 0.717) is 5.82 Å². The number of rotatable bonds is 10. The Morgan fingerprint density at radius 3 is 1.68 bits per heavy atom. The average molecular weight is 620 g/mol. The minimum atomic E-state index is -1.29. The Morgan fingerprint density at radius 2 is 1.19 bits per heavy atom. The number of ether oxygens (including phenoxy) is 1. The van der Waals surface area contributed by atoms with E-state index in [2.05, 4.69) is 58.8 Å². The van der Waals surface area contributed by atoms with Crippen molar-refractivity contribution < 1.29 is 19.4 Å². The minimum absolute atomic E-state index is 0.0687. The molecule has 0 fully saturated rings. The molecule has 0 unspecified atom stereocenters. The highest BCUT2D eigenvalue weighted by Gasteiger charge is 2.40. The summed E-state index contributed by atoms with van der Waals surface area (Å²) in [5, 5.41) is 12.9. The molecular formula is C40H33N3O4. The first kappa shape index (κ1) is 29.7. The monoisotopic (exact) mass is 619 g/mol. The molecule has 0 radical (unpaired) electrons. The van der Waals surface area contributed by atoms with Crippen LogP contribution in [0.2, 0.25) is 0 Å². The van der Waals surface area contributed by atoms with Gasteiger partial charge in [-0.3, -0.25) is 0 Å². The Kier molecular flexibility index (Phi) is 8.11. The first-order valence-electron chi connectivity index (χ1n) is 15.6. The van der Waals surface area contributed by atoms with E-state index < -0.39 is 23.6 Å². The van der Waals surface area contributed by atoms with Gasteiger partial charge in [-0.05, 0) is 38.9 Å². The second kappa shape index (κ2) is 12.8.